The van der Waals surface area contributed by atoms with Gasteiger partial charge in [-0.15, -0.1) is 0 Å². The van der Waals surface area contributed by atoms with E-state index in [1.807, 2.05) is 0 Å². The largest absolute Gasteiger partial charge is 0.482 e. The van der Waals surface area contributed by atoms with Crippen LogP contribution in [0.4, 0.5) is 0 Å². The van der Waals surface area contributed by atoms with Gasteiger partial charge in [0.1, 0.15) is 5.75 Å². The van der Waals surface area contributed by atoms with Gasteiger partial charge in [0.05, 0.1) is 16.7 Å². The SMILES string of the molecule is N#CC(=Cc1ccc(OCC(N)=O)c(Cl)c1)c1cccc(Cl)c1. The molecular weight excluding hydrogens is 335 g/mol. The minimum absolute atomic E-state index is 0.249. The summed E-state index contributed by atoms with van der Waals surface area (Å²) >= 11 is 12.0. The number of rotatable bonds is 5. The first-order chi connectivity index (χ1) is 11.0. The quantitative estimate of drug-likeness (QED) is 0.658. The van der Waals surface area contributed by atoms with E-state index in [-0.39, 0.29) is 6.61 Å². The Bertz CT molecular complexity index is 810. The van der Waals surface area contributed by atoms with Crippen LogP contribution in [-0.2, 0) is 4.79 Å². The molecular formula is C17H12Cl2N2O2. The van der Waals surface area contributed by atoms with E-state index in [0.29, 0.717) is 26.9 Å². The van der Waals surface area contributed by atoms with E-state index in [2.05, 4.69) is 6.07 Å². The first-order valence-corrected chi connectivity index (χ1v) is 7.33. The standard InChI is InChI=1S/C17H12Cl2N2O2/c18-14-3-1-2-12(8-14)13(9-20)6-11-4-5-16(15(19)7-11)23-10-17(21)22/h1-8H,10H2,(H2,21,22). The number of nitrogens with two attached hydrogens (primary N) is 1. The fourth-order valence-electron chi connectivity index (χ4n) is 1.88. The Hall–Kier alpha value is -2.48. The van der Waals surface area contributed by atoms with E-state index in [1.54, 1.807) is 48.5 Å². The van der Waals surface area contributed by atoms with Crippen LogP contribution in [0.15, 0.2) is 42.5 Å². The van der Waals surface area contributed by atoms with Gasteiger partial charge in [-0.05, 0) is 41.5 Å². The number of hydrogen-bond donors (Lipinski definition) is 1. The van der Waals surface area contributed by atoms with Crippen molar-refractivity contribution in [2.24, 2.45) is 5.73 Å². The highest BCUT2D eigenvalue weighted by Gasteiger charge is 2.06. The summed E-state index contributed by atoms with van der Waals surface area (Å²) in [5.74, 6) is -0.235. The van der Waals surface area contributed by atoms with E-state index in [0.717, 1.165) is 5.56 Å². The third kappa shape index (κ3) is 4.75. The second-order valence-electron chi connectivity index (χ2n) is 4.63. The molecule has 0 aliphatic carbocycles. The topological polar surface area (TPSA) is 76.1 Å². The second kappa shape index (κ2) is 7.68. The number of carbonyl (C=O) groups excluding carboxylic acids is 1. The number of carbonyl (C=O) groups is 1. The van der Waals surface area contributed by atoms with Crippen LogP contribution < -0.4 is 10.5 Å². The Morgan fingerprint density at radius 3 is 2.65 bits per heavy atom. The average Bonchev–Trinajstić information content (AvgIpc) is 2.51. The summed E-state index contributed by atoms with van der Waals surface area (Å²) in [6, 6.07) is 14.1. The number of benzene rings is 2. The zero-order valence-electron chi connectivity index (χ0n) is 11.9. The van der Waals surface area contributed by atoms with E-state index < -0.39 is 5.91 Å². The molecule has 0 saturated heterocycles. The normalized spacial score (nSPS) is 10.9. The third-order valence-corrected chi connectivity index (χ3v) is 3.42. The molecule has 4 nitrogen and oxygen atoms in total. The van der Waals surface area contributed by atoms with Crippen molar-refractivity contribution in [1.82, 2.24) is 0 Å². The summed E-state index contributed by atoms with van der Waals surface area (Å²) in [6.45, 7) is -0.249. The molecule has 2 aromatic carbocycles. The van der Waals surface area contributed by atoms with Crippen LogP contribution >= 0.6 is 23.2 Å². The lowest BCUT2D eigenvalue weighted by Crippen LogP contribution is -2.20. The fourth-order valence-corrected chi connectivity index (χ4v) is 2.31. The maximum Gasteiger partial charge on any atom is 0.255 e. The van der Waals surface area contributed by atoms with Crippen molar-refractivity contribution < 1.29 is 9.53 Å². The minimum atomic E-state index is -0.585. The predicted molar refractivity (Wildman–Crippen MR) is 91.1 cm³/mol. The maximum absolute atomic E-state index is 10.7. The number of allylic oxidation sites excluding steroid dienone is 1. The Labute approximate surface area is 143 Å². The van der Waals surface area contributed by atoms with Crippen LogP contribution in [0.25, 0.3) is 11.6 Å². The molecule has 6 heteroatoms. The number of nitrogens with zero attached hydrogens (tertiary/aromatic N) is 1. The van der Waals surface area contributed by atoms with Crippen molar-refractivity contribution in [2.45, 2.75) is 0 Å². The highest BCUT2D eigenvalue weighted by Crippen LogP contribution is 2.28. The molecule has 116 valence electrons. The van der Waals surface area contributed by atoms with Gasteiger partial charge in [-0.3, -0.25) is 4.79 Å². The summed E-state index contributed by atoms with van der Waals surface area (Å²) in [6.07, 6.45) is 1.69. The van der Waals surface area contributed by atoms with Crippen LogP contribution in [0.3, 0.4) is 0 Å². The van der Waals surface area contributed by atoms with E-state index in [4.69, 9.17) is 33.7 Å². The molecule has 2 N–H and O–H groups in total. The van der Waals surface area contributed by atoms with E-state index >= 15 is 0 Å². The lowest BCUT2D eigenvalue weighted by atomic mass is 10.0. The molecule has 0 aliphatic rings. The first-order valence-electron chi connectivity index (χ1n) is 6.58. The molecule has 23 heavy (non-hydrogen) atoms. The van der Waals surface area contributed by atoms with Gasteiger partial charge in [-0.2, -0.15) is 5.26 Å². The van der Waals surface area contributed by atoms with Gasteiger partial charge in [0, 0.05) is 5.02 Å². The number of amides is 1. The van der Waals surface area contributed by atoms with Crippen LogP contribution in [0.1, 0.15) is 11.1 Å². The molecule has 0 aliphatic heterocycles. The Morgan fingerprint density at radius 2 is 2.04 bits per heavy atom. The number of ether oxygens (including phenoxy) is 1. The molecule has 0 saturated carbocycles. The summed E-state index contributed by atoms with van der Waals surface area (Å²) in [4.78, 5) is 10.7. The summed E-state index contributed by atoms with van der Waals surface area (Å²) in [5, 5.41) is 10.2. The van der Waals surface area contributed by atoms with Gasteiger partial charge < -0.3 is 10.5 Å². The molecule has 0 bridgehead atoms. The van der Waals surface area contributed by atoms with Gasteiger partial charge in [0.25, 0.3) is 5.91 Å². The van der Waals surface area contributed by atoms with Crippen LogP contribution in [-0.4, -0.2) is 12.5 Å². The molecule has 1 amide bonds. The second-order valence-corrected chi connectivity index (χ2v) is 5.47. The number of primary amides is 1. The summed E-state index contributed by atoms with van der Waals surface area (Å²) in [5.41, 5.74) is 6.90. The molecule has 0 aromatic heterocycles. The molecule has 2 rings (SSSR count). The van der Waals surface area contributed by atoms with Gasteiger partial charge >= 0.3 is 0 Å². The predicted octanol–water partition coefficient (Wildman–Crippen LogP) is 3.92. The van der Waals surface area contributed by atoms with Crippen LogP contribution in [0.5, 0.6) is 5.75 Å². The van der Waals surface area contributed by atoms with Gasteiger partial charge in [0.15, 0.2) is 6.61 Å². The highest BCUT2D eigenvalue weighted by atomic mass is 35.5. The molecule has 2 aromatic rings. The number of hydrogen-bond acceptors (Lipinski definition) is 3. The van der Waals surface area contributed by atoms with Gasteiger partial charge in [-0.25, -0.2) is 0 Å². The summed E-state index contributed by atoms with van der Waals surface area (Å²) in [7, 11) is 0. The molecule has 0 heterocycles. The van der Waals surface area contributed by atoms with Crippen molar-refractivity contribution in [3.8, 4) is 11.8 Å². The van der Waals surface area contributed by atoms with Crippen molar-refractivity contribution >= 4 is 40.8 Å². The van der Waals surface area contributed by atoms with Gasteiger partial charge in [-0.1, -0.05) is 41.4 Å². The Kier molecular flexibility index (Phi) is 5.64. The molecule has 0 unspecified atom stereocenters. The van der Waals surface area contributed by atoms with E-state index in [9.17, 15) is 10.1 Å². The Morgan fingerprint density at radius 1 is 1.26 bits per heavy atom. The zero-order valence-corrected chi connectivity index (χ0v) is 13.4. The molecule has 0 fully saturated rings. The number of halogens is 2. The van der Waals surface area contributed by atoms with Crippen molar-refractivity contribution in [1.29, 1.82) is 5.26 Å². The lowest BCUT2D eigenvalue weighted by Gasteiger charge is -2.07. The monoisotopic (exact) mass is 346 g/mol. The van der Waals surface area contributed by atoms with E-state index in [1.165, 1.54) is 0 Å². The third-order valence-electron chi connectivity index (χ3n) is 2.89. The number of nitriles is 1. The van der Waals surface area contributed by atoms with Crippen molar-refractivity contribution in [3.05, 3.63) is 63.6 Å². The Balaban J connectivity index is 2.29. The molecule has 0 spiro atoms. The van der Waals surface area contributed by atoms with Gasteiger partial charge in [0.2, 0.25) is 0 Å². The summed E-state index contributed by atoms with van der Waals surface area (Å²) < 4.78 is 5.18. The average molecular weight is 347 g/mol. The fraction of sp³-hybridized carbons (Fsp3) is 0.0588. The van der Waals surface area contributed by atoms with Crippen LogP contribution in [0.2, 0.25) is 10.0 Å². The minimum Gasteiger partial charge on any atom is -0.482 e. The van der Waals surface area contributed by atoms with Crippen molar-refractivity contribution in [3.63, 3.8) is 0 Å². The zero-order chi connectivity index (χ0) is 16.8. The maximum atomic E-state index is 10.7. The molecule has 0 atom stereocenters. The smallest absolute Gasteiger partial charge is 0.255 e. The first kappa shape index (κ1) is 16.9. The van der Waals surface area contributed by atoms with Crippen molar-refractivity contribution in [2.75, 3.05) is 6.61 Å². The lowest BCUT2D eigenvalue weighted by molar-refractivity contribution is -0.119. The molecule has 0 radical (unpaired) electrons. The highest BCUT2D eigenvalue weighted by molar-refractivity contribution is 6.32. The van der Waals surface area contributed by atoms with Crippen LogP contribution in [0, 0.1) is 11.3 Å².